The fraction of sp³-hybridized carbons (Fsp3) is 0.333. The number of fused-ring (bicyclic) bond motifs is 1. The third kappa shape index (κ3) is 11.0. The van der Waals surface area contributed by atoms with Crippen LogP contribution in [0.25, 0.3) is 21.7 Å². The number of imidazole rings is 1. The van der Waals surface area contributed by atoms with Gasteiger partial charge in [-0.3, -0.25) is 14.9 Å². The number of nitrogens with zero attached hydrogens (tertiary/aromatic N) is 4. The molecule has 0 atom stereocenters. The van der Waals surface area contributed by atoms with Crippen LogP contribution in [-0.2, 0) is 10.7 Å². The van der Waals surface area contributed by atoms with E-state index in [0.717, 1.165) is 16.8 Å². The highest BCUT2D eigenvalue weighted by Gasteiger charge is 2.27. The molecular formula is C39H53N5O4S2. The first kappa shape index (κ1) is 41.7. The summed E-state index contributed by atoms with van der Waals surface area (Å²) >= 11 is 1.30. The first-order valence-electron chi connectivity index (χ1n) is 16.4. The van der Waals surface area contributed by atoms with E-state index in [1.54, 1.807) is 49.5 Å². The maximum atomic E-state index is 13.0. The normalized spacial score (nSPS) is 11.1. The molecule has 0 aliphatic rings. The summed E-state index contributed by atoms with van der Waals surface area (Å²) in [7, 11) is 2.68. The van der Waals surface area contributed by atoms with Crippen LogP contribution in [0.3, 0.4) is 0 Å². The maximum Gasteiger partial charge on any atom is 0.268 e. The van der Waals surface area contributed by atoms with E-state index in [2.05, 4.69) is 68.6 Å². The number of anilines is 2. The Morgan fingerprint density at radius 1 is 1.06 bits per heavy atom. The van der Waals surface area contributed by atoms with Crippen molar-refractivity contribution in [2.75, 3.05) is 36.9 Å². The molecule has 50 heavy (non-hydrogen) atoms. The van der Waals surface area contributed by atoms with Crippen molar-refractivity contribution in [1.29, 1.82) is 0 Å². The highest BCUT2D eigenvalue weighted by atomic mass is 32.3. The SMILES string of the molecule is C=CCC.C=CCn1c(NC(=O)c2ccc(-c3cnco3)s2)nc2cc(N(C)C(=O)c3ccccc3)ccc21.CC.COS(C)(C)C(C)(C)C. The van der Waals surface area contributed by atoms with Crippen LogP contribution in [0.1, 0.15) is 68.0 Å². The van der Waals surface area contributed by atoms with Gasteiger partial charge in [-0.1, -0.05) is 71.9 Å². The Morgan fingerprint density at radius 3 is 2.24 bits per heavy atom. The van der Waals surface area contributed by atoms with Crippen LogP contribution in [0.4, 0.5) is 11.6 Å². The Labute approximate surface area is 303 Å². The van der Waals surface area contributed by atoms with Crippen LogP contribution in [0.5, 0.6) is 0 Å². The first-order valence-corrected chi connectivity index (χ1v) is 19.6. The summed E-state index contributed by atoms with van der Waals surface area (Å²) in [5, 5.41) is 2.91. The average molecular weight is 720 g/mol. The molecule has 2 aromatic carbocycles. The van der Waals surface area contributed by atoms with E-state index in [4.69, 9.17) is 8.60 Å². The predicted octanol–water partition coefficient (Wildman–Crippen LogP) is 10.5. The van der Waals surface area contributed by atoms with Gasteiger partial charge in [0.05, 0.1) is 27.0 Å². The third-order valence-electron chi connectivity index (χ3n) is 7.67. The molecule has 0 bridgehead atoms. The molecule has 11 heteroatoms. The molecule has 0 saturated heterocycles. The minimum absolute atomic E-state index is 0.121. The lowest BCUT2D eigenvalue weighted by atomic mass is 10.2. The van der Waals surface area contributed by atoms with Gasteiger partial charge in [-0.25, -0.2) is 9.97 Å². The summed E-state index contributed by atoms with van der Waals surface area (Å²) in [5.41, 5.74) is 2.77. The number of nitrogens with one attached hydrogen (secondary N) is 1. The molecule has 9 nitrogen and oxygen atoms in total. The van der Waals surface area contributed by atoms with Crippen LogP contribution < -0.4 is 10.2 Å². The van der Waals surface area contributed by atoms with Gasteiger partial charge >= 0.3 is 0 Å². The first-order chi connectivity index (χ1) is 23.8. The molecule has 0 aliphatic carbocycles. The zero-order chi connectivity index (χ0) is 37.5. The number of hydrogen-bond acceptors (Lipinski definition) is 7. The number of amides is 2. The molecule has 5 rings (SSSR count). The molecule has 2 amide bonds. The van der Waals surface area contributed by atoms with Gasteiger partial charge in [-0.2, -0.15) is 0 Å². The highest BCUT2D eigenvalue weighted by molar-refractivity contribution is 8.29. The number of carbonyl (C=O) groups is 2. The summed E-state index contributed by atoms with van der Waals surface area (Å²) < 4.78 is 12.9. The number of rotatable bonds is 9. The van der Waals surface area contributed by atoms with Crippen LogP contribution in [0, 0.1) is 0 Å². The minimum atomic E-state index is -0.836. The summed E-state index contributed by atoms with van der Waals surface area (Å²) in [4.78, 5) is 37.3. The molecule has 270 valence electrons. The Kier molecular flexibility index (Phi) is 16.4. The Hall–Kier alpha value is -4.45. The monoisotopic (exact) mass is 719 g/mol. The van der Waals surface area contributed by atoms with Crippen molar-refractivity contribution >= 4 is 56.1 Å². The van der Waals surface area contributed by atoms with E-state index in [0.29, 0.717) is 44.6 Å². The van der Waals surface area contributed by atoms with Crippen LogP contribution >= 0.6 is 21.6 Å². The van der Waals surface area contributed by atoms with Crippen molar-refractivity contribution in [1.82, 2.24) is 14.5 Å². The van der Waals surface area contributed by atoms with Crippen LogP contribution in [0.15, 0.2) is 103 Å². The molecule has 0 radical (unpaired) electrons. The predicted molar refractivity (Wildman–Crippen MR) is 215 cm³/mol. The number of benzene rings is 2. The lowest BCUT2D eigenvalue weighted by Gasteiger charge is -2.42. The van der Waals surface area contributed by atoms with Crippen molar-refractivity contribution in [2.45, 2.75) is 59.3 Å². The molecule has 0 spiro atoms. The molecular weight excluding hydrogens is 667 g/mol. The fourth-order valence-electron chi connectivity index (χ4n) is 3.97. The lowest BCUT2D eigenvalue weighted by Crippen LogP contribution is -2.26. The van der Waals surface area contributed by atoms with Crippen LogP contribution in [0.2, 0.25) is 0 Å². The fourth-order valence-corrected chi connectivity index (χ4v) is 5.32. The second kappa shape index (κ2) is 19.7. The topological polar surface area (TPSA) is 102 Å². The molecule has 3 aromatic heterocycles. The Morgan fingerprint density at radius 2 is 1.72 bits per heavy atom. The second-order valence-corrected chi connectivity index (χ2v) is 17.0. The number of hydrogen-bond donors (Lipinski definition) is 1. The molecule has 3 heterocycles. The van der Waals surface area contributed by atoms with E-state index in [9.17, 15) is 9.59 Å². The van der Waals surface area contributed by atoms with Gasteiger partial charge in [0.25, 0.3) is 11.8 Å². The highest BCUT2D eigenvalue weighted by Crippen LogP contribution is 2.52. The van der Waals surface area contributed by atoms with E-state index in [1.807, 2.05) is 67.0 Å². The van der Waals surface area contributed by atoms with Crippen molar-refractivity contribution in [3.05, 3.63) is 109 Å². The van der Waals surface area contributed by atoms with Crippen molar-refractivity contribution in [3.8, 4) is 10.6 Å². The summed E-state index contributed by atoms with van der Waals surface area (Å²) in [6.45, 7) is 20.5. The van der Waals surface area contributed by atoms with Gasteiger partial charge in [-0.15, -0.1) is 34.8 Å². The summed E-state index contributed by atoms with van der Waals surface area (Å²) in [5.74, 6) is 0.602. The lowest BCUT2D eigenvalue weighted by molar-refractivity contribution is 0.0991. The van der Waals surface area contributed by atoms with E-state index >= 15 is 0 Å². The molecule has 0 fully saturated rings. The number of aromatic nitrogens is 3. The quantitative estimate of drug-likeness (QED) is 0.152. The smallest absolute Gasteiger partial charge is 0.268 e. The van der Waals surface area contributed by atoms with Gasteiger partial charge < -0.3 is 18.1 Å². The van der Waals surface area contributed by atoms with Gasteiger partial charge in [-0.05, 0) is 61.4 Å². The number of allylic oxidation sites excluding steroid dienone is 2. The average Bonchev–Trinajstić information content (AvgIpc) is 3.90. The van der Waals surface area contributed by atoms with Crippen LogP contribution in [-0.4, -0.2) is 57.8 Å². The molecule has 5 aromatic rings. The van der Waals surface area contributed by atoms with Gasteiger partial charge in [0.2, 0.25) is 5.95 Å². The van der Waals surface area contributed by atoms with Gasteiger partial charge in [0.15, 0.2) is 12.2 Å². The molecule has 1 N–H and O–H groups in total. The molecule has 0 unspecified atom stereocenters. The summed E-state index contributed by atoms with van der Waals surface area (Å²) in [6, 6.07) is 18.2. The van der Waals surface area contributed by atoms with Crippen molar-refractivity contribution < 1.29 is 18.2 Å². The van der Waals surface area contributed by atoms with E-state index < -0.39 is 10.3 Å². The Balaban J connectivity index is 0.000000490. The van der Waals surface area contributed by atoms with Gasteiger partial charge in [0, 0.05) is 36.7 Å². The molecule has 0 aliphatic heterocycles. The second-order valence-electron chi connectivity index (χ2n) is 11.9. The number of carbonyl (C=O) groups excluding carboxylic acids is 2. The minimum Gasteiger partial charge on any atom is -0.443 e. The summed E-state index contributed by atoms with van der Waals surface area (Å²) in [6.07, 6.45) is 12.0. The van der Waals surface area contributed by atoms with Crippen molar-refractivity contribution in [3.63, 3.8) is 0 Å². The van der Waals surface area contributed by atoms with E-state index in [1.165, 1.54) is 17.7 Å². The largest absolute Gasteiger partial charge is 0.443 e. The Bertz CT molecular complexity index is 1800. The third-order valence-corrected chi connectivity index (χ3v) is 12.5. The maximum absolute atomic E-state index is 13.0. The molecule has 0 saturated carbocycles. The zero-order valence-electron chi connectivity index (χ0n) is 31.1. The van der Waals surface area contributed by atoms with Gasteiger partial charge in [0.1, 0.15) is 0 Å². The van der Waals surface area contributed by atoms with Crippen molar-refractivity contribution in [2.24, 2.45) is 0 Å². The standard InChI is InChI=1S/C26H21N5O3S.C7H18OS.C4H8.C2H6/c1-3-13-31-20-10-9-18(30(2)25(33)17-7-5-4-6-8-17)14-19(20)28-26(31)29-24(32)23-12-11-22(35-23)21-15-27-16-34-21;1-7(2,3)9(5,6)8-4;1-3-4-2;1-2/h3-12,14-16H,1,13H2,2H3,(H,28,29,32);1-6H3;3H,1,4H2,2H3;1-2H3. The number of oxazole rings is 1. The number of thiophene rings is 1. The zero-order valence-corrected chi connectivity index (χ0v) is 32.8. The van der Waals surface area contributed by atoms with E-state index in [-0.39, 0.29) is 11.8 Å².